The lowest BCUT2D eigenvalue weighted by Gasteiger charge is -2.60. The number of amides is 1. The second kappa shape index (κ2) is 11.6. The van der Waals surface area contributed by atoms with E-state index in [0.717, 1.165) is 16.7 Å². The van der Waals surface area contributed by atoms with Crippen LogP contribution in [0.15, 0.2) is 6.07 Å². The highest BCUT2D eigenvalue weighted by atomic mass is 16.7. The number of hydrogen-bond donors (Lipinski definition) is 3. The fourth-order valence-electron chi connectivity index (χ4n) is 7.76. The summed E-state index contributed by atoms with van der Waals surface area (Å²) in [5, 5.41) is 25.4. The van der Waals surface area contributed by atoms with E-state index < -0.39 is 30.3 Å². The Balaban J connectivity index is 1.60. The third kappa shape index (κ3) is 4.70. The Morgan fingerprint density at radius 1 is 1.20 bits per heavy atom. The minimum atomic E-state index is -0.859. The maximum Gasteiger partial charge on any atom is 0.513 e. The highest BCUT2D eigenvalue weighted by Crippen LogP contribution is 2.58. The molecule has 0 saturated carbocycles. The fraction of sp³-hybridized carbons (Fsp3) is 0.531. The van der Waals surface area contributed by atoms with E-state index in [-0.39, 0.29) is 49.4 Å². The molecule has 240 valence electrons. The summed E-state index contributed by atoms with van der Waals surface area (Å²) in [7, 11) is 3.50. The van der Waals surface area contributed by atoms with Crippen molar-refractivity contribution in [3.05, 3.63) is 39.4 Å². The molecule has 4 aliphatic rings. The monoisotopic (exact) mass is 621 g/mol. The zero-order chi connectivity index (χ0) is 32.3. The van der Waals surface area contributed by atoms with Gasteiger partial charge in [-0.25, -0.2) is 4.79 Å². The number of nitrogens with zero attached hydrogens (tertiary/aromatic N) is 3. The number of aryl methyl sites for hydroxylation is 1. The largest absolute Gasteiger partial charge is 0.513 e. The Bertz CT molecular complexity index is 1600. The Morgan fingerprint density at radius 2 is 1.93 bits per heavy atom. The average molecular weight is 622 g/mol. The number of phenols is 1. The number of phenolic OH excluding ortho intramolecular Hbond substituents is 1. The SMILES string of the molecule is CCOC(=O)Oc1c(C)c2c(c3c1CC1[C@@H]4c5c(cc(C)c(OC)c5O)C[C@@H]([C@H](C#N)N1[C@H]3CNC(=O)[C@H](C)N)N4C)OCO2. The number of benzene rings is 2. The van der Waals surface area contributed by atoms with Crippen LogP contribution in [0.25, 0.3) is 0 Å². The van der Waals surface area contributed by atoms with Crippen LogP contribution in [0.1, 0.15) is 59.3 Å². The number of hydrogen-bond acceptors (Lipinski definition) is 12. The molecule has 4 heterocycles. The number of piperazine rings is 1. The molecule has 4 N–H and O–H groups in total. The lowest BCUT2D eigenvalue weighted by molar-refractivity contribution is -0.123. The summed E-state index contributed by atoms with van der Waals surface area (Å²) in [6, 6.07) is 1.64. The first-order chi connectivity index (χ1) is 21.5. The van der Waals surface area contributed by atoms with E-state index in [2.05, 4.69) is 21.2 Å². The van der Waals surface area contributed by atoms with Gasteiger partial charge < -0.3 is 39.8 Å². The normalized spacial score (nSPS) is 25.2. The molecule has 1 unspecified atom stereocenters. The van der Waals surface area contributed by atoms with Crippen LogP contribution in [0.4, 0.5) is 4.79 Å². The molecule has 0 spiro atoms. The van der Waals surface area contributed by atoms with Crippen molar-refractivity contribution in [2.75, 3.05) is 34.1 Å². The summed E-state index contributed by atoms with van der Waals surface area (Å²) in [5.74, 6) is 1.32. The standard InChI is InChI=1S/C32H39N5O8/c1-7-42-32(40)45-28-15(3)29-30(44-13-43-29)24-18(28)10-20-25-23-17(8-14(2)27(41-6)26(23)38)9-19(36(25)5)21(11-33)37(20)22(24)12-35-31(39)16(4)34/h8,16,19-22,25,38H,7,9-10,12-13,34H2,1-6H3,(H,35,39)/t16-,19-,20?,21-,22-,25+/m0/s1. The number of carbonyl (C=O) groups excluding carboxylic acids is 2. The van der Waals surface area contributed by atoms with E-state index in [9.17, 15) is 20.0 Å². The molecule has 2 aromatic carbocycles. The number of nitrogens with one attached hydrogen (secondary N) is 1. The summed E-state index contributed by atoms with van der Waals surface area (Å²) in [5.41, 5.74) is 10.3. The lowest BCUT2D eigenvalue weighted by atomic mass is 9.71. The van der Waals surface area contributed by atoms with Gasteiger partial charge in [0.2, 0.25) is 12.7 Å². The Hall–Kier alpha value is -4.25. The Morgan fingerprint density at radius 3 is 2.60 bits per heavy atom. The highest BCUT2D eigenvalue weighted by Gasteiger charge is 2.57. The number of ether oxygens (including phenoxy) is 5. The van der Waals surface area contributed by atoms with Gasteiger partial charge in [-0.05, 0) is 58.7 Å². The number of rotatable bonds is 6. The van der Waals surface area contributed by atoms with Crippen LogP contribution in [0.3, 0.4) is 0 Å². The maximum atomic E-state index is 12.8. The summed E-state index contributed by atoms with van der Waals surface area (Å²) in [4.78, 5) is 29.8. The molecular formula is C32H39N5O8. The molecule has 1 saturated heterocycles. The van der Waals surface area contributed by atoms with Crippen LogP contribution in [0.2, 0.25) is 0 Å². The molecule has 45 heavy (non-hydrogen) atoms. The first-order valence-electron chi connectivity index (χ1n) is 15.1. The topological polar surface area (TPSA) is 169 Å². The third-order valence-electron chi connectivity index (χ3n) is 9.60. The zero-order valence-corrected chi connectivity index (χ0v) is 26.3. The molecular weight excluding hydrogens is 582 g/mol. The number of methoxy groups -OCH3 is 1. The minimum absolute atomic E-state index is 0.0378. The first kappa shape index (κ1) is 30.8. The van der Waals surface area contributed by atoms with Crippen molar-refractivity contribution >= 4 is 12.1 Å². The second-order valence-corrected chi connectivity index (χ2v) is 12.1. The van der Waals surface area contributed by atoms with Crippen LogP contribution < -0.4 is 30.0 Å². The third-order valence-corrected chi connectivity index (χ3v) is 9.60. The number of nitriles is 1. The minimum Gasteiger partial charge on any atom is -0.504 e. The second-order valence-electron chi connectivity index (χ2n) is 12.1. The van der Waals surface area contributed by atoms with Crippen molar-refractivity contribution in [1.29, 1.82) is 5.26 Å². The zero-order valence-electron chi connectivity index (χ0n) is 26.3. The molecule has 0 radical (unpaired) electrons. The van der Waals surface area contributed by atoms with E-state index in [1.165, 1.54) is 7.11 Å². The van der Waals surface area contributed by atoms with E-state index in [1.54, 1.807) is 20.8 Å². The quantitative estimate of drug-likeness (QED) is 0.319. The van der Waals surface area contributed by atoms with Gasteiger partial charge in [0, 0.05) is 40.9 Å². The molecule has 13 nitrogen and oxygen atoms in total. The average Bonchev–Trinajstić information content (AvgIpc) is 3.49. The van der Waals surface area contributed by atoms with Crippen molar-refractivity contribution in [2.24, 2.45) is 5.73 Å². The molecule has 1 fully saturated rings. The molecule has 13 heteroatoms. The van der Waals surface area contributed by atoms with E-state index in [4.69, 9.17) is 29.4 Å². The van der Waals surface area contributed by atoms with Crippen LogP contribution in [-0.2, 0) is 22.4 Å². The predicted molar refractivity (Wildman–Crippen MR) is 160 cm³/mol. The van der Waals surface area contributed by atoms with Gasteiger partial charge in [-0.3, -0.25) is 14.6 Å². The van der Waals surface area contributed by atoms with Gasteiger partial charge in [0.25, 0.3) is 0 Å². The van der Waals surface area contributed by atoms with E-state index >= 15 is 0 Å². The van der Waals surface area contributed by atoms with Crippen molar-refractivity contribution in [3.63, 3.8) is 0 Å². The van der Waals surface area contributed by atoms with Crippen LogP contribution in [-0.4, -0.2) is 85.2 Å². The number of carbonyl (C=O) groups is 2. The van der Waals surface area contributed by atoms with Gasteiger partial charge >= 0.3 is 6.16 Å². The maximum absolute atomic E-state index is 12.8. The van der Waals surface area contributed by atoms with Crippen molar-refractivity contribution in [2.45, 2.75) is 76.8 Å². The molecule has 6 rings (SSSR count). The van der Waals surface area contributed by atoms with Crippen LogP contribution in [0, 0.1) is 25.2 Å². The number of fused-ring (bicyclic) bond motifs is 9. The summed E-state index contributed by atoms with van der Waals surface area (Å²) >= 11 is 0. The van der Waals surface area contributed by atoms with E-state index in [1.807, 2.05) is 20.0 Å². The predicted octanol–water partition coefficient (Wildman–Crippen LogP) is 2.52. The molecule has 0 aromatic heterocycles. The smallest absolute Gasteiger partial charge is 0.504 e. The van der Waals surface area contributed by atoms with Crippen LogP contribution >= 0.6 is 0 Å². The highest BCUT2D eigenvalue weighted by molar-refractivity contribution is 5.81. The van der Waals surface area contributed by atoms with Gasteiger partial charge in [0.05, 0.1) is 37.9 Å². The molecule has 6 atom stereocenters. The lowest BCUT2D eigenvalue weighted by Crippen LogP contribution is -2.68. The first-order valence-corrected chi connectivity index (χ1v) is 15.1. The molecule has 0 aliphatic carbocycles. The molecule has 2 bridgehead atoms. The van der Waals surface area contributed by atoms with Gasteiger partial charge in [-0.2, -0.15) is 5.26 Å². The molecule has 4 aliphatic heterocycles. The number of nitrogens with two attached hydrogens (primary N) is 1. The van der Waals surface area contributed by atoms with Crippen LogP contribution in [0.5, 0.6) is 28.7 Å². The van der Waals surface area contributed by atoms with E-state index in [0.29, 0.717) is 46.8 Å². The summed E-state index contributed by atoms with van der Waals surface area (Å²) < 4.78 is 28.5. The number of aromatic hydroxyl groups is 1. The van der Waals surface area contributed by atoms with Crippen molar-refractivity contribution in [3.8, 4) is 34.8 Å². The van der Waals surface area contributed by atoms with Gasteiger partial charge in [-0.15, -0.1) is 0 Å². The van der Waals surface area contributed by atoms with Gasteiger partial charge in [-0.1, -0.05) is 6.07 Å². The Kier molecular flexibility index (Phi) is 7.93. The molecule has 1 amide bonds. The molecule has 2 aromatic rings. The Labute approximate surface area is 261 Å². The van der Waals surface area contributed by atoms with Gasteiger partial charge in [0.1, 0.15) is 11.8 Å². The number of likely N-dealkylation sites (N-methyl/N-ethyl adjacent to an activating group) is 1. The van der Waals surface area contributed by atoms with Gasteiger partial charge in [0.15, 0.2) is 23.0 Å². The van der Waals surface area contributed by atoms with Crippen molar-refractivity contribution < 1.29 is 38.4 Å². The fourth-order valence-corrected chi connectivity index (χ4v) is 7.76. The summed E-state index contributed by atoms with van der Waals surface area (Å²) in [6.07, 6.45) is -0.00657. The van der Waals surface area contributed by atoms with Crippen molar-refractivity contribution in [1.82, 2.24) is 15.1 Å². The summed E-state index contributed by atoms with van der Waals surface area (Å²) in [6.45, 7) is 7.16.